The van der Waals surface area contributed by atoms with Crippen LogP contribution in [0.3, 0.4) is 0 Å². The summed E-state index contributed by atoms with van der Waals surface area (Å²) in [6.45, 7) is 3.53. The van der Waals surface area contributed by atoms with Gasteiger partial charge in [0.1, 0.15) is 11.5 Å². The lowest BCUT2D eigenvalue weighted by Gasteiger charge is -2.18. The second-order valence-electron chi connectivity index (χ2n) is 5.19. The van der Waals surface area contributed by atoms with Crippen molar-refractivity contribution in [3.63, 3.8) is 0 Å². The van der Waals surface area contributed by atoms with E-state index < -0.39 is 12.4 Å². The lowest BCUT2D eigenvalue weighted by molar-refractivity contribution is -0.274. The van der Waals surface area contributed by atoms with E-state index in [2.05, 4.69) is 15.4 Å². The molecule has 1 aromatic carbocycles. The monoisotopic (exact) mass is 342 g/mol. The summed E-state index contributed by atoms with van der Waals surface area (Å²) in [6.07, 6.45) is -3.20. The molecule has 0 unspecified atom stereocenters. The number of halogens is 3. The Labute approximate surface area is 136 Å². The van der Waals surface area contributed by atoms with Gasteiger partial charge in [-0.1, -0.05) is 0 Å². The summed E-state index contributed by atoms with van der Waals surface area (Å²) < 4.78 is 45.3. The van der Waals surface area contributed by atoms with Crippen molar-refractivity contribution < 1.29 is 27.1 Å². The molecular formula is C16H17F3N2O3. The van der Waals surface area contributed by atoms with Crippen LogP contribution in [0, 0.1) is 0 Å². The van der Waals surface area contributed by atoms with Crippen molar-refractivity contribution in [3.8, 4) is 5.75 Å². The molecule has 0 saturated carbocycles. The molecule has 0 aliphatic carbocycles. The van der Waals surface area contributed by atoms with E-state index in [1.165, 1.54) is 12.1 Å². The molecule has 0 aliphatic heterocycles. The van der Waals surface area contributed by atoms with Gasteiger partial charge in [0.15, 0.2) is 0 Å². The van der Waals surface area contributed by atoms with Gasteiger partial charge in [0.25, 0.3) is 0 Å². The van der Waals surface area contributed by atoms with E-state index >= 15 is 0 Å². The molecule has 0 radical (unpaired) electrons. The molecule has 24 heavy (non-hydrogen) atoms. The van der Waals surface area contributed by atoms with Gasteiger partial charge in [-0.25, -0.2) is 0 Å². The molecule has 0 aliphatic rings. The number of hydrogen-bond acceptors (Lipinski definition) is 4. The fourth-order valence-electron chi connectivity index (χ4n) is 2.06. The maximum Gasteiger partial charge on any atom is 0.573 e. The fraction of sp³-hybridized carbons (Fsp3) is 0.312. The first kappa shape index (κ1) is 17.9. The van der Waals surface area contributed by atoms with Crippen LogP contribution in [0.4, 0.5) is 18.9 Å². The molecule has 1 heterocycles. The van der Waals surface area contributed by atoms with Crippen LogP contribution < -0.4 is 15.4 Å². The van der Waals surface area contributed by atoms with Gasteiger partial charge in [0, 0.05) is 5.69 Å². The Balaban J connectivity index is 1.89. The predicted octanol–water partition coefficient (Wildman–Crippen LogP) is 3.86. The molecule has 0 spiro atoms. The average Bonchev–Trinajstić information content (AvgIpc) is 3.02. The minimum Gasteiger partial charge on any atom is -0.468 e. The van der Waals surface area contributed by atoms with E-state index in [-0.39, 0.29) is 17.7 Å². The van der Waals surface area contributed by atoms with Crippen molar-refractivity contribution in [1.82, 2.24) is 5.32 Å². The first-order valence-corrected chi connectivity index (χ1v) is 7.21. The minimum atomic E-state index is -4.74. The molecular weight excluding hydrogens is 325 g/mol. The Morgan fingerprint density at radius 3 is 2.38 bits per heavy atom. The van der Waals surface area contributed by atoms with Gasteiger partial charge in [-0.2, -0.15) is 0 Å². The molecule has 8 heteroatoms. The van der Waals surface area contributed by atoms with Crippen LogP contribution in [-0.4, -0.2) is 18.3 Å². The number of nitrogens with one attached hydrogen (secondary N) is 2. The van der Waals surface area contributed by atoms with Crippen LogP contribution in [0.15, 0.2) is 47.1 Å². The zero-order valence-electron chi connectivity index (χ0n) is 13.1. The van der Waals surface area contributed by atoms with Crippen molar-refractivity contribution in [3.05, 3.63) is 48.4 Å². The summed E-state index contributed by atoms with van der Waals surface area (Å²) in [5, 5.41) is 5.68. The van der Waals surface area contributed by atoms with Gasteiger partial charge >= 0.3 is 6.36 Å². The smallest absolute Gasteiger partial charge is 0.468 e. The van der Waals surface area contributed by atoms with Crippen LogP contribution in [-0.2, 0) is 4.79 Å². The zero-order chi connectivity index (χ0) is 17.7. The molecule has 130 valence electrons. The quantitative estimate of drug-likeness (QED) is 0.837. The molecule has 1 aromatic heterocycles. The van der Waals surface area contributed by atoms with E-state index in [0.29, 0.717) is 11.4 Å². The molecule has 2 atom stereocenters. The Hall–Kier alpha value is -2.48. The summed E-state index contributed by atoms with van der Waals surface area (Å²) in [4.78, 5) is 12.1. The zero-order valence-corrected chi connectivity index (χ0v) is 13.1. The van der Waals surface area contributed by atoms with Crippen LogP contribution in [0.25, 0.3) is 0 Å². The molecule has 2 rings (SSSR count). The number of hydrogen-bond donors (Lipinski definition) is 2. The first-order valence-electron chi connectivity index (χ1n) is 7.21. The van der Waals surface area contributed by atoms with E-state index in [4.69, 9.17) is 4.42 Å². The van der Waals surface area contributed by atoms with Crippen molar-refractivity contribution in [2.24, 2.45) is 0 Å². The lowest BCUT2D eigenvalue weighted by Crippen LogP contribution is -2.39. The highest BCUT2D eigenvalue weighted by molar-refractivity contribution is 5.94. The van der Waals surface area contributed by atoms with Gasteiger partial charge in [-0.3, -0.25) is 10.1 Å². The summed E-state index contributed by atoms with van der Waals surface area (Å²) in [5.74, 6) is 0.0271. The van der Waals surface area contributed by atoms with Crippen molar-refractivity contribution in [2.75, 3.05) is 5.32 Å². The Morgan fingerprint density at radius 1 is 1.17 bits per heavy atom. The van der Waals surface area contributed by atoms with Crippen LogP contribution in [0.1, 0.15) is 25.6 Å². The van der Waals surface area contributed by atoms with Gasteiger partial charge in [0.05, 0.1) is 18.3 Å². The maximum atomic E-state index is 12.1. The number of rotatable bonds is 6. The number of carbonyl (C=O) groups is 1. The summed E-state index contributed by atoms with van der Waals surface area (Å²) in [5.41, 5.74) is 0.369. The van der Waals surface area contributed by atoms with E-state index in [1.54, 1.807) is 25.3 Å². The van der Waals surface area contributed by atoms with Crippen molar-refractivity contribution >= 4 is 11.6 Å². The molecule has 0 bridgehead atoms. The Kier molecular flexibility index (Phi) is 5.50. The second kappa shape index (κ2) is 7.39. The summed E-state index contributed by atoms with van der Waals surface area (Å²) in [7, 11) is 0. The van der Waals surface area contributed by atoms with Gasteiger partial charge < -0.3 is 14.5 Å². The molecule has 1 amide bonds. The standard InChI is InChI=1S/C16H17F3N2O3/c1-10(14-4-3-9-23-14)20-11(2)15(22)21-12-5-7-13(8-6-12)24-16(17,18)19/h3-11,20H,1-2H3,(H,21,22)/t10-,11+/m1/s1. The number of benzene rings is 1. The third-order valence-electron chi connectivity index (χ3n) is 3.22. The van der Waals surface area contributed by atoms with Crippen LogP contribution >= 0.6 is 0 Å². The second-order valence-corrected chi connectivity index (χ2v) is 5.19. The van der Waals surface area contributed by atoms with Gasteiger partial charge in [-0.05, 0) is 50.2 Å². The number of furan rings is 1. The molecule has 0 fully saturated rings. The lowest BCUT2D eigenvalue weighted by atomic mass is 10.2. The summed E-state index contributed by atoms with van der Waals surface area (Å²) >= 11 is 0. The molecule has 5 nitrogen and oxygen atoms in total. The molecule has 2 N–H and O–H groups in total. The van der Waals surface area contributed by atoms with Crippen LogP contribution in [0.2, 0.25) is 0 Å². The topological polar surface area (TPSA) is 63.5 Å². The average molecular weight is 342 g/mol. The Bertz CT molecular complexity index is 654. The van der Waals surface area contributed by atoms with E-state index in [1.807, 2.05) is 6.92 Å². The van der Waals surface area contributed by atoms with E-state index in [0.717, 1.165) is 12.1 Å². The normalized spacial score (nSPS) is 14.0. The minimum absolute atomic E-state index is 0.164. The largest absolute Gasteiger partial charge is 0.573 e. The number of carbonyl (C=O) groups excluding carboxylic acids is 1. The fourth-order valence-corrected chi connectivity index (χ4v) is 2.06. The van der Waals surface area contributed by atoms with E-state index in [9.17, 15) is 18.0 Å². The summed E-state index contributed by atoms with van der Waals surface area (Å²) in [6, 6.07) is 7.78. The number of alkyl halides is 3. The Morgan fingerprint density at radius 2 is 1.83 bits per heavy atom. The number of ether oxygens (including phenoxy) is 1. The van der Waals surface area contributed by atoms with Gasteiger partial charge in [0.2, 0.25) is 5.91 Å². The first-order chi connectivity index (χ1) is 11.2. The molecule has 0 saturated heterocycles. The number of amides is 1. The third kappa shape index (κ3) is 5.31. The SMILES string of the molecule is C[C@H](N[C@H](C)c1ccco1)C(=O)Nc1ccc(OC(F)(F)F)cc1. The maximum absolute atomic E-state index is 12.1. The third-order valence-corrected chi connectivity index (χ3v) is 3.22. The number of anilines is 1. The van der Waals surface area contributed by atoms with Crippen molar-refractivity contribution in [1.29, 1.82) is 0 Å². The van der Waals surface area contributed by atoms with Gasteiger partial charge in [-0.15, -0.1) is 13.2 Å². The highest BCUT2D eigenvalue weighted by atomic mass is 19.4. The highest BCUT2D eigenvalue weighted by Crippen LogP contribution is 2.24. The highest BCUT2D eigenvalue weighted by Gasteiger charge is 2.31. The van der Waals surface area contributed by atoms with Crippen molar-refractivity contribution in [2.45, 2.75) is 32.3 Å². The van der Waals surface area contributed by atoms with Crippen LogP contribution in [0.5, 0.6) is 5.75 Å². The predicted molar refractivity (Wildman–Crippen MR) is 81.5 cm³/mol. The molecule has 2 aromatic rings.